The SMILES string of the molecule is Cc1ccc(/C(=N/NC(N)=S)C(C)C)cc1. The molecule has 1 aromatic carbocycles. The van der Waals surface area contributed by atoms with Crippen molar-refractivity contribution >= 4 is 23.0 Å². The predicted molar refractivity (Wildman–Crippen MR) is 72.5 cm³/mol. The van der Waals surface area contributed by atoms with E-state index >= 15 is 0 Å². The molecular formula is C12H17N3S. The summed E-state index contributed by atoms with van der Waals surface area (Å²) in [5, 5.41) is 4.41. The standard InChI is InChI=1S/C12H17N3S/c1-8(2)11(14-15-12(13)16)10-6-4-9(3)5-7-10/h4-8H,1-3H3,(H3,13,15,16)/b14-11+. The second-order valence-corrected chi connectivity index (χ2v) is 4.43. The normalized spacial score (nSPS) is 11.6. The molecule has 0 atom stereocenters. The molecule has 0 aliphatic rings. The van der Waals surface area contributed by atoms with Crippen molar-refractivity contribution in [3.63, 3.8) is 0 Å². The van der Waals surface area contributed by atoms with E-state index in [-0.39, 0.29) is 5.11 Å². The lowest BCUT2D eigenvalue weighted by Gasteiger charge is -2.10. The first-order valence-electron chi connectivity index (χ1n) is 5.20. The Labute approximate surface area is 102 Å². The summed E-state index contributed by atoms with van der Waals surface area (Å²) in [7, 11) is 0. The molecule has 1 rings (SSSR count). The first-order valence-corrected chi connectivity index (χ1v) is 5.61. The molecule has 0 aliphatic carbocycles. The highest BCUT2D eigenvalue weighted by molar-refractivity contribution is 7.80. The topological polar surface area (TPSA) is 50.4 Å². The molecule has 0 saturated carbocycles. The number of nitrogens with zero attached hydrogens (tertiary/aromatic N) is 1. The highest BCUT2D eigenvalue weighted by Crippen LogP contribution is 2.10. The van der Waals surface area contributed by atoms with Crippen LogP contribution in [0.1, 0.15) is 25.0 Å². The molecule has 0 unspecified atom stereocenters. The number of rotatable bonds is 3. The van der Waals surface area contributed by atoms with Crippen LogP contribution >= 0.6 is 12.2 Å². The molecule has 0 aromatic heterocycles. The molecule has 0 amide bonds. The highest BCUT2D eigenvalue weighted by Gasteiger charge is 2.08. The van der Waals surface area contributed by atoms with Gasteiger partial charge in [-0.15, -0.1) is 0 Å². The van der Waals surface area contributed by atoms with Gasteiger partial charge in [0, 0.05) is 0 Å². The Morgan fingerprint density at radius 3 is 2.31 bits per heavy atom. The lowest BCUT2D eigenvalue weighted by atomic mass is 9.99. The number of aryl methyl sites for hydroxylation is 1. The van der Waals surface area contributed by atoms with E-state index in [0.29, 0.717) is 5.92 Å². The van der Waals surface area contributed by atoms with Crippen molar-refractivity contribution in [1.82, 2.24) is 5.43 Å². The van der Waals surface area contributed by atoms with E-state index in [4.69, 9.17) is 18.0 Å². The van der Waals surface area contributed by atoms with E-state index in [2.05, 4.69) is 55.6 Å². The van der Waals surface area contributed by atoms with E-state index in [9.17, 15) is 0 Å². The van der Waals surface area contributed by atoms with E-state index < -0.39 is 0 Å². The molecule has 4 heteroatoms. The average Bonchev–Trinajstić information content (AvgIpc) is 2.20. The number of nitrogens with two attached hydrogens (primary N) is 1. The van der Waals surface area contributed by atoms with E-state index in [0.717, 1.165) is 11.3 Å². The summed E-state index contributed by atoms with van der Waals surface area (Å²) in [4.78, 5) is 0. The predicted octanol–water partition coefficient (Wildman–Crippen LogP) is 2.19. The minimum absolute atomic E-state index is 0.185. The maximum absolute atomic E-state index is 5.36. The van der Waals surface area contributed by atoms with Gasteiger partial charge in [-0.1, -0.05) is 43.7 Å². The Morgan fingerprint density at radius 1 is 1.31 bits per heavy atom. The van der Waals surface area contributed by atoms with Crippen molar-refractivity contribution in [3.05, 3.63) is 35.4 Å². The molecule has 1 aromatic rings. The van der Waals surface area contributed by atoms with Crippen molar-refractivity contribution in [3.8, 4) is 0 Å². The Balaban J connectivity index is 2.98. The van der Waals surface area contributed by atoms with Crippen LogP contribution in [0.25, 0.3) is 0 Å². The molecule has 0 spiro atoms. The first kappa shape index (κ1) is 12.6. The van der Waals surface area contributed by atoms with Gasteiger partial charge < -0.3 is 5.73 Å². The number of benzene rings is 1. The first-order chi connectivity index (χ1) is 7.50. The van der Waals surface area contributed by atoms with Crippen molar-refractivity contribution in [2.45, 2.75) is 20.8 Å². The summed E-state index contributed by atoms with van der Waals surface area (Å²) in [5.41, 5.74) is 11.3. The third kappa shape index (κ3) is 3.62. The van der Waals surface area contributed by atoms with E-state index in [1.165, 1.54) is 5.56 Å². The molecule has 16 heavy (non-hydrogen) atoms. The van der Waals surface area contributed by atoms with Gasteiger partial charge in [0.2, 0.25) is 0 Å². The van der Waals surface area contributed by atoms with E-state index in [1.54, 1.807) is 0 Å². The third-order valence-corrected chi connectivity index (χ3v) is 2.27. The second-order valence-electron chi connectivity index (χ2n) is 3.99. The molecule has 0 aliphatic heterocycles. The van der Waals surface area contributed by atoms with Gasteiger partial charge in [0.15, 0.2) is 5.11 Å². The fraction of sp³-hybridized carbons (Fsp3) is 0.333. The minimum atomic E-state index is 0.185. The Morgan fingerprint density at radius 2 is 1.88 bits per heavy atom. The van der Waals surface area contributed by atoms with Gasteiger partial charge >= 0.3 is 0 Å². The quantitative estimate of drug-likeness (QED) is 0.480. The van der Waals surface area contributed by atoms with Gasteiger partial charge in [0.25, 0.3) is 0 Å². The van der Waals surface area contributed by atoms with Gasteiger partial charge in [-0.3, -0.25) is 5.43 Å². The largest absolute Gasteiger partial charge is 0.375 e. The molecule has 0 radical (unpaired) electrons. The van der Waals surface area contributed by atoms with Crippen LogP contribution in [0.2, 0.25) is 0 Å². The number of nitrogens with one attached hydrogen (secondary N) is 1. The highest BCUT2D eigenvalue weighted by atomic mass is 32.1. The van der Waals surface area contributed by atoms with Crippen LogP contribution in [0, 0.1) is 12.8 Å². The van der Waals surface area contributed by atoms with Crippen molar-refractivity contribution < 1.29 is 0 Å². The molecule has 86 valence electrons. The molecule has 3 N–H and O–H groups in total. The third-order valence-electron chi connectivity index (χ3n) is 2.18. The lowest BCUT2D eigenvalue weighted by Crippen LogP contribution is -2.26. The summed E-state index contributed by atoms with van der Waals surface area (Å²) in [6.45, 7) is 6.23. The summed E-state index contributed by atoms with van der Waals surface area (Å²) in [5.74, 6) is 0.310. The fourth-order valence-corrected chi connectivity index (χ4v) is 1.41. The van der Waals surface area contributed by atoms with Crippen molar-refractivity contribution in [2.24, 2.45) is 16.8 Å². The van der Waals surface area contributed by atoms with E-state index in [1.807, 2.05) is 0 Å². The van der Waals surface area contributed by atoms with Crippen LogP contribution in [0.5, 0.6) is 0 Å². The van der Waals surface area contributed by atoms with Gasteiger partial charge in [-0.25, -0.2) is 0 Å². The molecule has 0 bridgehead atoms. The zero-order valence-corrected chi connectivity index (χ0v) is 10.6. The van der Waals surface area contributed by atoms with Crippen LogP contribution in [0.15, 0.2) is 29.4 Å². The second kappa shape index (κ2) is 5.61. The number of hydrogen-bond donors (Lipinski definition) is 2. The zero-order chi connectivity index (χ0) is 12.1. The molecule has 0 fully saturated rings. The fourth-order valence-electron chi connectivity index (χ4n) is 1.37. The maximum Gasteiger partial charge on any atom is 0.184 e. The summed E-state index contributed by atoms with van der Waals surface area (Å²) < 4.78 is 0. The molecule has 3 nitrogen and oxygen atoms in total. The van der Waals surface area contributed by atoms with Crippen LogP contribution in [-0.4, -0.2) is 10.8 Å². The van der Waals surface area contributed by atoms with Crippen molar-refractivity contribution in [2.75, 3.05) is 0 Å². The smallest absolute Gasteiger partial charge is 0.184 e. The van der Waals surface area contributed by atoms with Crippen LogP contribution in [-0.2, 0) is 0 Å². The minimum Gasteiger partial charge on any atom is -0.375 e. The number of hydrazone groups is 1. The zero-order valence-electron chi connectivity index (χ0n) is 9.82. The van der Waals surface area contributed by atoms with Crippen molar-refractivity contribution in [1.29, 1.82) is 0 Å². The van der Waals surface area contributed by atoms with Crippen LogP contribution in [0.3, 0.4) is 0 Å². The monoisotopic (exact) mass is 235 g/mol. The Bertz CT molecular complexity index is 393. The molecular weight excluding hydrogens is 218 g/mol. The summed E-state index contributed by atoms with van der Waals surface area (Å²) in [6, 6.07) is 8.23. The Hall–Kier alpha value is -1.42. The summed E-state index contributed by atoms with van der Waals surface area (Å²) >= 11 is 4.73. The van der Waals surface area contributed by atoms with Gasteiger partial charge in [-0.05, 0) is 30.6 Å². The average molecular weight is 235 g/mol. The van der Waals surface area contributed by atoms with Gasteiger partial charge in [-0.2, -0.15) is 5.10 Å². The van der Waals surface area contributed by atoms with Gasteiger partial charge in [0.05, 0.1) is 5.71 Å². The number of thiocarbonyl (C=S) groups is 1. The maximum atomic E-state index is 5.36. The summed E-state index contributed by atoms with van der Waals surface area (Å²) in [6.07, 6.45) is 0. The Kier molecular flexibility index (Phi) is 4.43. The van der Waals surface area contributed by atoms with Crippen LogP contribution in [0.4, 0.5) is 0 Å². The molecule has 0 saturated heterocycles. The van der Waals surface area contributed by atoms with Crippen LogP contribution < -0.4 is 11.2 Å². The lowest BCUT2D eigenvalue weighted by molar-refractivity contribution is 0.860. The molecule has 0 heterocycles. The number of hydrogen-bond acceptors (Lipinski definition) is 2. The van der Waals surface area contributed by atoms with Gasteiger partial charge in [0.1, 0.15) is 0 Å².